The van der Waals surface area contributed by atoms with Crippen LogP contribution in [0.3, 0.4) is 0 Å². The summed E-state index contributed by atoms with van der Waals surface area (Å²) in [6.07, 6.45) is 4.74. The highest BCUT2D eigenvalue weighted by atomic mass is 32.1. The van der Waals surface area contributed by atoms with Gasteiger partial charge in [0.05, 0.1) is 5.54 Å². The van der Waals surface area contributed by atoms with E-state index in [4.69, 9.17) is 12.2 Å². The third kappa shape index (κ3) is 4.21. The van der Waals surface area contributed by atoms with E-state index >= 15 is 0 Å². The topological polar surface area (TPSA) is 24.1 Å². The van der Waals surface area contributed by atoms with Crippen molar-refractivity contribution in [3.8, 4) is 0 Å². The molecule has 0 aromatic heterocycles. The Bertz CT molecular complexity index is 728. The summed E-state index contributed by atoms with van der Waals surface area (Å²) in [7, 11) is 0. The summed E-state index contributed by atoms with van der Waals surface area (Å²) in [6, 6.07) is 17.4. The minimum atomic E-state index is -0.0338. The van der Waals surface area contributed by atoms with Gasteiger partial charge in [-0.15, -0.1) is 0 Å². The molecule has 0 saturated heterocycles. The van der Waals surface area contributed by atoms with Gasteiger partial charge in [-0.3, -0.25) is 0 Å². The van der Waals surface area contributed by atoms with E-state index in [1.165, 1.54) is 29.5 Å². The number of nitrogens with one attached hydrogen (secondary N) is 2. The summed E-state index contributed by atoms with van der Waals surface area (Å²) < 4.78 is 0. The van der Waals surface area contributed by atoms with Gasteiger partial charge in [-0.05, 0) is 61.2 Å². The van der Waals surface area contributed by atoms with Crippen molar-refractivity contribution >= 4 is 23.0 Å². The van der Waals surface area contributed by atoms with Crippen LogP contribution in [0.5, 0.6) is 0 Å². The monoisotopic (exact) mass is 352 g/mol. The van der Waals surface area contributed by atoms with Crippen molar-refractivity contribution < 1.29 is 0 Å². The van der Waals surface area contributed by atoms with Crippen molar-refractivity contribution in [3.63, 3.8) is 0 Å². The fourth-order valence-electron chi connectivity index (χ4n) is 3.74. The first-order valence-electron chi connectivity index (χ1n) is 9.25. The molecule has 1 aliphatic carbocycles. The molecule has 2 aromatic carbocycles. The second kappa shape index (κ2) is 7.57. The van der Waals surface area contributed by atoms with Gasteiger partial charge in [-0.1, -0.05) is 68.7 Å². The van der Waals surface area contributed by atoms with Crippen molar-refractivity contribution in [2.24, 2.45) is 0 Å². The van der Waals surface area contributed by atoms with Gasteiger partial charge in [0.2, 0.25) is 0 Å². The molecule has 3 rings (SSSR count). The maximum Gasteiger partial charge on any atom is 0.171 e. The van der Waals surface area contributed by atoms with Gasteiger partial charge in [0.15, 0.2) is 5.11 Å². The number of hydrogen-bond donors (Lipinski definition) is 2. The Morgan fingerprint density at radius 3 is 2.32 bits per heavy atom. The molecule has 1 fully saturated rings. The number of hydrogen-bond acceptors (Lipinski definition) is 1. The van der Waals surface area contributed by atoms with Crippen molar-refractivity contribution in [2.75, 3.05) is 5.32 Å². The van der Waals surface area contributed by atoms with E-state index in [1.54, 1.807) is 0 Å². The molecule has 132 valence electrons. The molecule has 2 aromatic rings. The van der Waals surface area contributed by atoms with Crippen molar-refractivity contribution in [3.05, 3.63) is 65.2 Å². The summed E-state index contributed by atoms with van der Waals surface area (Å²) in [5.74, 6) is 0.544. The van der Waals surface area contributed by atoms with Crippen LogP contribution in [0.2, 0.25) is 0 Å². The van der Waals surface area contributed by atoms with Gasteiger partial charge in [0.1, 0.15) is 0 Å². The molecule has 0 amide bonds. The van der Waals surface area contributed by atoms with Crippen LogP contribution >= 0.6 is 12.2 Å². The van der Waals surface area contributed by atoms with Gasteiger partial charge in [0, 0.05) is 5.69 Å². The van der Waals surface area contributed by atoms with E-state index in [-0.39, 0.29) is 5.54 Å². The van der Waals surface area contributed by atoms with Crippen LogP contribution in [0.1, 0.15) is 62.1 Å². The summed E-state index contributed by atoms with van der Waals surface area (Å²) in [4.78, 5) is 0. The van der Waals surface area contributed by atoms with Gasteiger partial charge in [-0.2, -0.15) is 0 Å². The second-order valence-electron chi connectivity index (χ2n) is 7.51. The Kier molecular flexibility index (Phi) is 5.43. The standard InChI is InChI=1S/C22H28N2S/c1-16(2)18-9-11-20(12-10-18)23-21(25)24-22(13-4-5-14-22)19-8-6-7-17(3)15-19/h6-12,15-16H,4-5,13-14H2,1-3H3,(H2,23,24,25). The summed E-state index contributed by atoms with van der Waals surface area (Å²) in [5.41, 5.74) is 5.00. The molecule has 0 heterocycles. The average Bonchev–Trinajstić information content (AvgIpc) is 3.05. The Labute approximate surface area is 157 Å². The van der Waals surface area contributed by atoms with Crippen molar-refractivity contribution in [1.82, 2.24) is 5.32 Å². The summed E-state index contributed by atoms with van der Waals surface area (Å²) >= 11 is 5.64. The number of anilines is 1. The molecule has 25 heavy (non-hydrogen) atoms. The predicted octanol–water partition coefficient (Wildman–Crippen LogP) is 5.87. The van der Waals surface area contributed by atoms with Gasteiger partial charge >= 0.3 is 0 Å². The lowest BCUT2D eigenvalue weighted by Crippen LogP contribution is -2.45. The highest BCUT2D eigenvalue weighted by molar-refractivity contribution is 7.80. The molecule has 1 saturated carbocycles. The lowest BCUT2D eigenvalue weighted by atomic mass is 9.87. The van der Waals surface area contributed by atoms with Gasteiger partial charge in [0.25, 0.3) is 0 Å². The van der Waals surface area contributed by atoms with Crippen molar-refractivity contribution in [1.29, 1.82) is 0 Å². The highest BCUT2D eigenvalue weighted by Crippen LogP contribution is 2.39. The molecule has 2 N–H and O–H groups in total. The molecule has 0 atom stereocenters. The lowest BCUT2D eigenvalue weighted by molar-refractivity contribution is 0.408. The van der Waals surface area contributed by atoms with Crippen LogP contribution in [0.25, 0.3) is 0 Å². The lowest BCUT2D eigenvalue weighted by Gasteiger charge is -2.33. The van der Waals surface area contributed by atoms with Crippen LogP contribution in [0.4, 0.5) is 5.69 Å². The number of rotatable bonds is 4. The first kappa shape index (κ1) is 17.9. The zero-order valence-electron chi connectivity index (χ0n) is 15.4. The molecule has 0 spiro atoms. The van der Waals surface area contributed by atoms with E-state index in [9.17, 15) is 0 Å². The van der Waals surface area contributed by atoms with Crippen molar-refractivity contribution in [2.45, 2.75) is 57.9 Å². The Hall–Kier alpha value is -1.87. The van der Waals surface area contributed by atoms with E-state index in [0.29, 0.717) is 11.0 Å². The molecular formula is C22H28N2S. The quantitative estimate of drug-likeness (QED) is 0.672. The Morgan fingerprint density at radius 1 is 1.04 bits per heavy atom. The normalized spacial score (nSPS) is 16.0. The zero-order chi connectivity index (χ0) is 17.9. The molecule has 0 radical (unpaired) electrons. The Balaban J connectivity index is 1.73. The molecular weight excluding hydrogens is 324 g/mol. The van der Waals surface area contributed by atoms with Crippen LogP contribution in [0.15, 0.2) is 48.5 Å². The first-order chi connectivity index (χ1) is 12.0. The molecule has 0 bridgehead atoms. The third-order valence-corrected chi connectivity index (χ3v) is 5.42. The van der Waals surface area contributed by atoms with Crippen LogP contribution < -0.4 is 10.6 Å². The van der Waals surface area contributed by atoms with Crippen LogP contribution in [-0.2, 0) is 5.54 Å². The van der Waals surface area contributed by atoms with Gasteiger partial charge < -0.3 is 10.6 Å². The number of thiocarbonyl (C=S) groups is 1. The number of aryl methyl sites for hydroxylation is 1. The summed E-state index contributed by atoms with van der Waals surface area (Å²) in [5, 5.41) is 7.72. The largest absolute Gasteiger partial charge is 0.353 e. The first-order valence-corrected chi connectivity index (χ1v) is 9.66. The van der Waals surface area contributed by atoms with Crippen LogP contribution in [-0.4, -0.2) is 5.11 Å². The Morgan fingerprint density at radius 2 is 1.72 bits per heavy atom. The van der Waals surface area contributed by atoms with E-state index in [2.05, 4.69) is 79.9 Å². The average molecular weight is 353 g/mol. The second-order valence-corrected chi connectivity index (χ2v) is 7.92. The number of benzene rings is 2. The fraction of sp³-hybridized carbons (Fsp3) is 0.409. The van der Waals surface area contributed by atoms with E-state index in [1.807, 2.05) is 0 Å². The van der Waals surface area contributed by atoms with Gasteiger partial charge in [-0.25, -0.2) is 0 Å². The molecule has 0 aliphatic heterocycles. The fourth-order valence-corrected chi connectivity index (χ4v) is 4.05. The minimum absolute atomic E-state index is 0.0338. The van der Waals surface area contributed by atoms with E-state index in [0.717, 1.165) is 18.5 Å². The zero-order valence-corrected chi connectivity index (χ0v) is 16.2. The third-order valence-electron chi connectivity index (χ3n) is 5.22. The molecule has 0 unspecified atom stereocenters. The summed E-state index contributed by atoms with van der Waals surface area (Å²) in [6.45, 7) is 6.57. The molecule has 2 nitrogen and oxygen atoms in total. The maximum atomic E-state index is 5.64. The smallest absolute Gasteiger partial charge is 0.171 e. The van der Waals surface area contributed by atoms with E-state index < -0.39 is 0 Å². The molecule has 3 heteroatoms. The van der Waals surface area contributed by atoms with Crippen LogP contribution in [0, 0.1) is 6.92 Å². The maximum absolute atomic E-state index is 5.64. The highest BCUT2D eigenvalue weighted by Gasteiger charge is 2.36. The molecule has 1 aliphatic rings. The predicted molar refractivity (Wildman–Crippen MR) is 111 cm³/mol. The minimum Gasteiger partial charge on any atom is -0.353 e. The SMILES string of the molecule is Cc1cccc(C2(NC(=S)Nc3ccc(C(C)C)cc3)CCCC2)c1.